The molecule has 0 atom stereocenters. The van der Waals surface area contributed by atoms with Crippen molar-refractivity contribution >= 4 is 32.4 Å². The van der Waals surface area contributed by atoms with Crippen LogP contribution in [0.2, 0.25) is 0 Å². The third-order valence-electron chi connectivity index (χ3n) is 3.17. The topological polar surface area (TPSA) is 58.0 Å². The summed E-state index contributed by atoms with van der Waals surface area (Å²) in [6.07, 6.45) is 3.97. The molecule has 2 N–H and O–H groups in total. The fourth-order valence-electron chi connectivity index (χ4n) is 1.99. The first-order valence-corrected chi connectivity index (χ1v) is 7.14. The summed E-state index contributed by atoms with van der Waals surface area (Å²) < 4.78 is 0.763. The number of hydrogen-bond acceptors (Lipinski definition) is 5. The van der Waals surface area contributed by atoms with Crippen LogP contribution in [0.4, 0.5) is 5.13 Å². The lowest BCUT2D eigenvalue weighted by Gasteiger charge is -2.34. The zero-order chi connectivity index (χ0) is 11.6. The quantitative estimate of drug-likeness (QED) is 0.901. The molecule has 0 saturated heterocycles. The van der Waals surface area contributed by atoms with Crippen molar-refractivity contribution in [3.8, 4) is 0 Å². The van der Waals surface area contributed by atoms with Gasteiger partial charge in [-0.3, -0.25) is 0 Å². The lowest BCUT2D eigenvalue weighted by atomic mass is 9.79. The molecule has 1 saturated carbocycles. The minimum Gasteiger partial charge on any atom is -0.388 e. The monoisotopic (exact) mass is 305 g/mol. The van der Waals surface area contributed by atoms with Crippen LogP contribution in [-0.4, -0.2) is 27.4 Å². The van der Waals surface area contributed by atoms with Crippen molar-refractivity contribution in [2.45, 2.75) is 38.2 Å². The van der Waals surface area contributed by atoms with Crippen molar-refractivity contribution in [2.24, 2.45) is 5.92 Å². The zero-order valence-electron chi connectivity index (χ0n) is 9.24. The van der Waals surface area contributed by atoms with E-state index in [1.165, 1.54) is 11.3 Å². The highest BCUT2D eigenvalue weighted by molar-refractivity contribution is 9.11. The Morgan fingerprint density at radius 3 is 2.75 bits per heavy atom. The Hall–Kier alpha value is -0.200. The van der Waals surface area contributed by atoms with Crippen molar-refractivity contribution < 1.29 is 5.11 Å². The van der Waals surface area contributed by atoms with Gasteiger partial charge in [0.15, 0.2) is 3.92 Å². The highest BCUT2D eigenvalue weighted by Gasteiger charge is 2.31. The first-order valence-electron chi connectivity index (χ1n) is 5.53. The van der Waals surface area contributed by atoms with E-state index in [2.05, 4.69) is 38.4 Å². The van der Waals surface area contributed by atoms with E-state index in [0.29, 0.717) is 6.54 Å². The molecule has 0 spiro atoms. The number of hydrogen-bond donors (Lipinski definition) is 2. The van der Waals surface area contributed by atoms with Crippen molar-refractivity contribution in [1.29, 1.82) is 0 Å². The number of aliphatic hydroxyl groups is 1. The molecule has 1 aromatic rings. The molecule has 16 heavy (non-hydrogen) atoms. The Kier molecular flexibility index (Phi) is 3.81. The van der Waals surface area contributed by atoms with Gasteiger partial charge in [-0.2, -0.15) is 0 Å². The molecule has 0 unspecified atom stereocenters. The summed E-state index contributed by atoms with van der Waals surface area (Å²) >= 11 is 4.71. The van der Waals surface area contributed by atoms with E-state index in [-0.39, 0.29) is 0 Å². The first-order chi connectivity index (χ1) is 7.57. The predicted molar refractivity (Wildman–Crippen MR) is 68.7 cm³/mol. The standard InChI is InChI=1S/C10H16BrN3OS/c1-7-2-4-10(15,5-3-7)6-12-9-14-13-8(11)16-9/h7,15H,2-6H2,1H3,(H,12,14). The van der Waals surface area contributed by atoms with Crippen LogP contribution in [0, 0.1) is 5.92 Å². The van der Waals surface area contributed by atoms with Gasteiger partial charge in [0.25, 0.3) is 0 Å². The summed E-state index contributed by atoms with van der Waals surface area (Å²) in [5, 5.41) is 22.1. The molecule has 0 radical (unpaired) electrons. The number of anilines is 1. The summed E-state index contributed by atoms with van der Waals surface area (Å²) in [4.78, 5) is 0. The van der Waals surface area contributed by atoms with E-state index in [0.717, 1.165) is 40.6 Å². The van der Waals surface area contributed by atoms with Gasteiger partial charge >= 0.3 is 0 Å². The van der Waals surface area contributed by atoms with Gasteiger partial charge in [0.2, 0.25) is 5.13 Å². The minimum atomic E-state index is -0.565. The Labute approximate surface area is 108 Å². The third kappa shape index (κ3) is 3.15. The molecule has 1 aromatic heterocycles. The van der Waals surface area contributed by atoms with E-state index in [1.54, 1.807) is 0 Å². The van der Waals surface area contributed by atoms with E-state index in [9.17, 15) is 5.11 Å². The maximum absolute atomic E-state index is 10.3. The van der Waals surface area contributed by atoms with Crippen LogP contribution in [-0.2, 0) is 0 Å². The second-order valence-corrected chi connectivity index (χ2v) is 6.87. The van der Waals surface area contributed by atoms with Crippen molar-refractivity contribution in [2.75, 3.05) is 11.9 Å². The number of aromatic nitrogens is 2. The van der Waals surface area contributed by atoms with Gasteiger partial charge in [-0.25, -0.2) is 0 Å². The highest BCUT2D eigenvalue weighted by Crippen LogP contribution is 2.32. The molecule has 6 heteroatoms. The Morgan fingerprint density at radius 1 is 1.50 bits per heavy atom. The second kappa shape index (κ2) is 4.98. The number of nitrogens with zero attached hydrogens (tertiary/aromatic N) is 2. The van der Waals surface area contributed by atoms with Gasteiger partial charge in [0.1, 0.15) is 0 Å². The third-order valence-corrected chi connectivity index (χ3v) is 4.49. The molecule has 1 aliphatic rings. The molecule has 1 heterocycles. The molecule has 0 bridgehead atoms. The molecule has 0 aliphatic heterocycles. The SMILES string of the molecule is CC1CCC(O)(CNc2nnc(Br)s2)CC1. The van der Waals surface area contributed by atoms with E-state index >= 15 is 0 Å². The predicted octanol–water partition coefficient (Wildman–Crippen LogP) is 2.65. The van der Waals surface area contributed by atoms with Crippen LogP contribution in [0.3, 0.4) is 0 Å². The molecule has 1 aliphatic carbocycles. The van der Waals surface area contributed by atoms with Crippen LogP contribution in [0.15, 0.2) is 3.92 Å². The van der Waals surface area contributed by atoms with Crippen molar-refractivity contribution in [1.82, 2.24) is 10.2 Å². The zero-order valence-corrected chi connectivity index (χ0v) is 11.6. The Balaban J connectivity index is 1.85. The Morgan fingerprint density at radius 2 is 2.19 bits per heavy atom. The summed E-state index contributed by atoms with van der Waals surface area (Å²) in [5.41, 5.74) is -0.565. The lowest BCUT2D eigenvalue weighted by molar-refractivity contribution is 0.00500. The fourth-order valence-corrected chi connectivity index (χ4v) is 3.00. The van der Waals surface area contributed by atoms with Crippen LogP contribution in [0.5, 0.6) is 0 Å². The average Bonchev–Trinajstić information content (AvgIpc) is 2.67. The van der Waals surface area contributed by atoms with Crippen molar-refractivity contribution in [3.05, 3.63) is 3.92 Å². The normalized spacial score (nSPS) is 30.3. The summed E-state index contributed by atoms with van der Waals surface area (Å²) in [5.74, 6) is 0.746. The maximum Gasteiger partial charge on any atom is 0.206 e. The summed E-state index contributed by atoms with van der Waals surface area (Å²) in [6, 6.07) is 0. The highest BCUT2D eigenvalue weighted by atomic mass is 79.9. The molecular weight excluding hydrogens is 290 g/mol. The lowest BCUT2D eigenvalue weighted by Crippen LogP contribution is -2.40. The van der Waals surface area contributed by atoms with Gasteiger partial charge in [-0.05, 0) is 47.5 Å². The Bertz CT molecular complexity index is 350. The fraction of sp³-hybridized carbons (Fsp3) is 0.800. The van der Waals surface area contributed by atoms with Crippen LogP contribution < -0.4 is 5.32 Å². The first kappa shape index (κ1) is 12.3. The van der Waals surface area contributed by atoms with Gasteiger partial charge in [-0.15, -0.1) is 10.2 Å². The minimum absolute atomic E-state index is 0.565. The molecule has 0 amide bonds. The number of rotatable bonds is 3. The van der Waals surface area contributed by atoms with Crippen LogP contribution in [0.1, 0.15) is 32.6 Å². The maximum atomic E-state index is 10.3. The van der Waals surface area contributed by atoms with E-state index in [4.69, 9.17) is 0 Å². The van der Waals surface area contributed by atoms with Gasteiger partial charge < -0.3 is 10.4 Å². The van der Waals surface area contributed by atoms with Gasteiger partial charge in [0.05, 0.1) is 5.60 Å². The smallest absolute Gasteiger partial charge is 0.206 e. The van der Waals surface area contributed by atoms with Gasteiger partial charge in [-0.1, -0.05) is 18.3 Å². The summed E-state index contributed by atoms with van der Waals surface area (Å²) in [7, 11) is 0. The number of halogens is 1. The second-order valence-electron chi connectivity index (χ2n) is 4.62. The summed E-state index contributed by atoms with van der Waals surface area (Å²) in [6.45, 7) is 2.82. The van der Waals surface area contributed by atoms with E-state index < -0.39 is 5.60 Å². The molecule has 90 valence electrons. The van der Waals surface area contributed by atoms with Crippen LogP contribution in [0.25, 0.3) is 0 Å². The average molecular weight is 306 g/mol. The van der Waals surface area contributed by atoms with Crippen LogP contribution >= 0.6 is 27.3 Å². The number of nitrogens with one attached hydrogen (secondary N) is 1. The molecule has 2 rings (SSSR count). The molecular formula is C10H16BrN3OS. The van der Waals surface area contributed by atoms with E-state index in [1.807, 2.05) is 0 Å². The van der Waals surface area contributed by atoms with Crippen molar-refractivity contribution in [3.63, 3.8) is 0 Å². The largest absolute Gasteiger partial charge is 0.388 e. The molecule has 4 nitrogen and oxygen atoms in total. The molecule has 0 aromatic carbocycles. The van der Waals surface area contributed by atoms with Gasteiger partial charge in [0, 0.05) is 6.54 Å². The molecule has 1 fully saturated rings.